The van der Waals surface area contributed by atoms with Gasteiger partial charge >= 0.3 is 0 Å². The molecule has 0 aliphatic carbocycles. The summed E-state index contributed by atoms with van der Waals surface area (Å²) in [6.07, 6.45) is 3.55. The molecule has 2 heterocycles. The summed E-state index contributed by atoms with van der Waals surface area (Å²) in [7, 11) is 0. The Balaban J connectivity index is 1.32. The molecule has 0 unspecified atom stereocenters. The molecule has 2 fully saturated rings. The van der Waals surface area contributed by atoms with E-state index in [0.717, 1.165) is 44.3 Å². The van der Waals surface area contributed by atoms with E-state index in [-0.39, 0.29) is 24.3 Å². The molecule has 1 atom stereocenters. The summed E-state index contributed by atoms with van der Waals surface area (Å²) in [4.78, 5) is 16.6. The molecule has 7 heteroatoms. The largest absolute Gasteiger partial charge is 0.490 e. The number of rotatable bonds is 8. The van der Waals surface area contributed by atoms with Gasteiger partial charge in [-0.1, -0.05) is 18.2 Å². The lowest BCUT2D eigenvalue weighted by atomic mass is 9.97. The Bertz CT molecular complexity index is 998. The van der Waals surface area contributed by atoms with Crippen LogP contribution in [0.2, 0.25) is 0 Å². The average Bonchev–Trinajstić information content (AvgIpc) is 3.32. The van der Waals surface area contributed by atoms with E-state index < -0.39 is 11.5 Å². The third-order valence-electron chi connectivity index (χ3n) is 7.03. The predicted molar refractivity (Wildman–Crippen MR) is 133 cm³/mol. The van der Waals surface area contributed by atoms with E-state index in [0.29, 0.717) is 36.7 Å². The first-order valence-corrected chi connectivity index (χ1v) is 12.6. The van der Waals surface area contributed by atoms with Crippen molar-refractivity contribution in [3.63, 3.8) is 0 Å². The number of nitrogens with zero attached hydrogens (tertiary/aromatic N) is 2. The van der Waals surface area contributed by atoms with Crippen LogP contribution < -0.4 is 4.74 Å². The lowest BCUT2D eigenvalue weighted by Crippen LogP contribution is -2.41. The molecule has 1 N–H and O–H groups in total. The highest BCUT2D eigenvalue weighted by atomic mass is 19.1. The molecule has 5 nitrogen and oxygen atoms in total. The molecule has 35 heavy (non-hydrogen) atoms. The van der Waals surface area contributed by atoms with Crippen LogP contribution in [0.5, 0.6) is 5.75 Å². The van der Waals surface area contributed by atoms with Gasteiger partial charge in [-0.3, -0.25) is 4.79 Å². The Hall–Kier alpha value is -2.51. The van der Waals surface area contributed by atoms with Gasteiger partial charge in [0, 0.05) is 18.7 Å². The Morgan fingerprint density at radius 3 is 2.37 bits per heavy atom. The molecule has 190 valence electrons. The van der Waals surface area contributed by atoms with Gasteiger partial charge in [-0.05, 0) is 93.9 Å². The molecule has 2 saturated heterocycles. The number of likely N-dealkylation sites (tertiary alicyclic amines) is 2. The van der Waals surface area contributed by atoms with E-state index in [9.17, 15) is 18.7 Å². The van der Waals surface area contributed by atoms with E-state index in [1.807, 2.05) is 18.2 Å². The fraction of sp³-hybridized carbons (Fsp3) is 0.536. The van der Waals surface area contributed by atoms with Crippen LogP contribution in [0.4, 0.5) is 8.78 Å². The summed E-state index contributed by atoms with van der Waals surface area (Å²) in [6, 6.07) is 12.0. The number of ether oxygens (including phenoxy) is 1. The maximum absolute atomic E-state index is 14.8. The first-order valence-electron chi connectivity index (χ1n) is 12.6. The number of amides is 1. The molecule has 1 amide bonds. The summed E-state index contributed by atoms with van der Waals surface area (Å²) in [6.45, 7) is 6.40. The van der Waals surface area contributed by atoms with Crippen molar-refractivity contribution in [2.24, 2.45) is 5.92 Å². The molecule has 0 aromatic heterocycles. The molecule has 0 radical (unpaired) electrons. The summed E-state index contributed by atoms with van der Waals surface area (Å²) < 4.78 is 34.4. The number of aliphatic hydroxyl groups is 1. The summed E-state index contributed by atoms with van der Waals surface area (Å²) in [5, 5.41) is 9.48. The molecule has 2 aliphatic rings. The molecule has 2 aromatic rings. The van der Waals surface area contributed by atoms with Crippen LogP contribution in [0.3, 0.4) is 0 Å². The van der Waals surface area contributed by atoms with Crippen LogP contribution in [0.15, 0.2) is 42.5 Å². The number of hydrogen-bond donors (Lipinski definition) is 1. The average molecular weight is 487 g/mol. The first kappa shape index (κ1) is 25.6. The van der Waals surface area contributed by atoms with Crippen molar-refractivity contribution < 1.29 is 23.4 Å². The summed E-state index contributed by atoms with van der Waals surface area (Å²) in [5.74, 6) is 0.0699. The van der Waals surface area contributed by atoms with Gasteiger partial charge in [0.05, 0.1) is 19.3 Å². The highest BCUT2D eigenvalue weighted by molar-refractivity contribution is 5.95. The van der Waals surface area contributed by atoms with E-state index in [1.54, 1.807) is 36.9 Å². The Labute approximate surface area is 206 Å². The molecular formula is C28H36F2N2O3. The zero-order valence-electron chi connectivity index (χ0n) is 20.7. The third-order valence-corrected chi connectivity index (χ3v) is 7.03. The SMILES string of the molecule is CC(C)(F)CN1CCC(COc2ccc(-c3ccc(C(=O)N4CCC[C@@H]4CO)cc3)cc2F)CC1. The minimum Gasteiger partial charge on any atom is -0.490 e. The normalized spacial score (nSPS) is 19.8. The Morgan fingerprint density at radius 1 is 1.06 bits per heavy atom. The number of benzene rings is 2. The standard InChI is InChI=1S/C28H36F2N2O3/c1-28(2,30)19-31-14-11-20(12-15-31)18-35-26-10-9-23(16-25(26)29)21-5-7-22(8-6-21)27(34)32-13-3-4-24(32)17-33/h5-10,16,20,24,33H,3-4,11-15,17-19H2,1-2H3/t24-/m1/s1. The second-order valence-electron chi connectivity index (χ2n) is 10.4. The van der Waals surface area contributed by atoms with Crippen LogP contribution in [0, 0.1) is 11.7 Å². The Kier molecular flexibility index (Phi) is 8.07. The highest BCUT2D eigenvalue weighted by Gasteiger charge is 2.29. The van der Waals surface area contributed by atoms with Crippen molar-refractivity contribution in [1.82, 2.24) is 9.80 Å². The van der Waals surface area contributed by atoms with Crippen LogP contribution in [-0.2, 0) is 0 Å². The van der Waals surface area contributed by atoms with Crippen molar-refractivity contribution in [2.75, 3.05) is 39.4 Å². The molecular weight excluding hydrogens is 450 g/mol. The number of carbonyl (C=O) groups excluding carboxylic acids is 1. The zero-order chi connectivity index (χ0) is 25.0. The van der Waals surface area contributed by atoms with E-state index >= 15 is 0 Å². The lowest BCUT2D eigenvalue weighted by molar-refractivity contribution is 0.0677. The number of alkyl halides is 1. The molecule has 0 spiro atoms. The minimum atomic E-state index is -1.19. The van der Waals surface area contributed by atoms with Gasteiger partial charge in [0.15, 0.2) is 11.6 Å². The van der Waals surface area contributed by atoms with Crippen molar-refractivity contribution in [3.8, 4) is 16.9 Å². The summed E-state index contributed by atoms with van der Waals surface area (Å²) in [5.41, 5.74) is 0.900. The van der Waals surface area contributed by atoms with Crippen molar-refractivity contribution in [2.45, 2.75) is 51.2 Å². The summed E-state index contributed by atoms with van der Waals surface area (Å²) >= 11 is 0. The van der Waals surface area contributed by atoms with Gasteiger partial charge < -0.3 is 19.6 Å². The van der Waals surface area contributed by atoms with Crippen molar-refractivity contribution in [3.05, 3.63) is 53.8 Å². The van der Waals surface area contributed by atoms with E-state index in [4.69, 9.17) is 4.74 Å². The fourth-order valence-electron chi connectivity index (χ4n) is 5.11. The van der Waals surface area contributed by atoms with Gasteiger partial charge in [0.2, 0.25) is 0 Å². The van der Waals surface area contributed by atoms with Gasteiger partial charge in [-0.15, -0.1) is 0 Å². The maximum Gasteiger partial charge on any atom is 0.254 e. The van der Waals surface area contributed by atoms with Crippen molar-refractivity contribution >= 4 is 5.91 Å². The fourth-order valence-corrected chi connectivity index (χ4v) is 5.11. The second kappa shape index (κ2) is 11.0. The van der Waals surface area contributed by atoms with E-state index in [2.05, 4.69) is 4.90 Å². The second-order valence-corrected chi connectivity index (χ2v) is 10.4. The topological polar surface area (TPSA) is 53.0 Å². The predicted octanol–water partition coefficient (Wildman–Crippen LogP) is 4.93. The number of piperidine rings is 1. The van der Waals surface area contributed by atoms with Gasteiger partial charge in [0.1, 0.15) is 5.67 Å². The monoisotopic (exact) mass is 486 g/mol. The van der Waals surface area contributed by atoms with Crippen molar-refractivity contribution in [1.29, 1.82) is 0 Å². The van der Waals surface area contributed by atoms with E-state index in [1.165, 1.54) is 6.07 Å². The molecule has 0 saturated carbocycles. The van der Waals surface area contributed by atoms with Gasteiger partial charge in [0.25, 0.3) is 5.91 Å². The number of carbonyl (C=O) groups is 1. The quantitative estimate of drug-likeness (QED) is 0.575. The van der Waals surface area contributed by atoms with Crippen LogP contribution >= 0.6 is 0 Å². The molecule has 2 aromatic carbocycles. The number of halogens is 2. The van der Waals surface area contributed by atoms with Gasteiger partial charge in [-0.2, -0.15) is 0 Å². The zero-order valence-corrected chi connectivity index (χ0v) is 20.7. The van der Waals surface area contributed by atoms with Crippen LogP contribution in [-0.4, -0.2) is 71.9 Å². The number of aliphatic hydroxyl groups excluding tert-OH is 1. The molecule has 4 rings (SSSR count). The lowest BCUT2D eigenvalue weighted by Gasteiger charge is -2.34. The third kappa shape index (κ3) is 6.58. The first-order chi connectivity index (χ1) is 16.7. The van der Waals surface area contributed by atoms with Gasteiger partial charge in [-0.25, -0.2) is 8.78 Å². The van der Waals surface area contributed by atoms with Crippen LogP contribution in [0.25, 0.3) is 11.1 Å². The smallest absolute Gasteiger partial charge is 0.254 e. The molecule has 0 bridgehead atoms. The van der Waals surface area contributed by atoms with Crippen LogP contribution in [0.1, 0.15) is 49.9 Å². The Morgan fingerprint density at radius 2 is 1.74 bits per heavy atom. The minimum absolute atomic E-state index is 0.0196. The maximum atomic E-state index is 14.8. The number of hydrogen-bond acceptors (Lipinski definition) is 4. The highest BCUT2D eigenvalue weighted by Crippen LogP contribution is 2.28. The molecule has 2 aliphatic heterocycles.